The molecule has 0 fully saturated rings. The van der Waals surface area contributed by atoms with Crippen molar-refractivity contribution in [1.29, 1.82) is 0 Å². The summed E-state index contributed by atoms with van der Waals surface area (Å²) in [6, 6.07) is 11.8. The molecule has 0 unspecified atom stereocenters. The van der Waals surface area contributed by atoms with E-state index in [-0.39, 0.29) is 0 Å². The lowest BCUT2D eigenvalue weighted by Crippen LogP contribution is -1.90. The molecular weight excluding hydrogens is 188 g/mol. The van der Waals surface area contributed by atoms with E-state index < -0.39 is 6.10 Å². The topological polar surface area (TPSA) is 29.5 Å². The SMILES string of the molecule is COc1ccc2cc([C@@H](C)O)ccc2c1. The van der Waals surface area contributed by atoms with Crippen LogP contribution in [0.1, 0.15) is 18.6 Å². The minimum Gasteiger partial charge on any atom is -0.497 e. The summed E-state index contributed by atoms with van der Waals surface area (Å²) in [5.41, 5.74) is 0.938. The lowest BCUT2D eigenvalue weighted by atomic mass is 10.0. The summed E-state index contributed by atoms with van der Waals surface area (Å²) < 4.78 is 5.15. The number of rotatable bonds is 2. The van der Waals surface area contributed by atoms with Crippen molar-refractivity contribution in [2.24, 2.45) is 0 Å². The van der Waals surface area contributed by atoms with Crippen molar-refractivity contribution >= 4 is 10.8 Å². The van der Waals surface area contributed by atoms with Crippen LogP contribution in [0.3, 0.4) is 0 Å². The van der Waals surface area contributed by atoms with Crippen molar-refractivity contribution in [2.45, 2.75) is 13.0 Å². The maximum atomic E-state index is 9.46. The Labute approximate surface area is 89.1 Å². The van der Waals surface area contributed by atoms with Crippen molar-refractivity contribution < 1.29 is 9.84 Å². The second kappa shape index (κ2) is 3.91. The highest BCUT2D eigenvalue weighted by Crippen LogP contribution is 2.23. The van der Waals surface area contributed by atoms with E-state index in [4.69, 9.17) is 4.74 Å². The fraction of sp³-hybridized carbons (Fsp3) is 0.231. The molecule has 0 aliphatic carbocycles. The second-order valence-corrected chi connectivity index (χ2v) is 3.65. The van der Waals surface area contributed by atoms with E-state index in [0.29, 0.717) is 0 Å². The zero-order valence-electron chi connectivity index (χ0n) is 8.90. The Morgan fingerprint density at radius 1 is 1.07 bits per heavy atom. The third-order valence-corrected chi connectivity index (χ3v) is 2.55. The molecule has 2 heteroatoms. The molecule has 0 aliphatic heterocycles. The summed E-state index contributed by atoms with van der Waals surface area (Å²) in [4.78, 5) is 0. The van der Waals surface area contributed by atoms with Gasteiger partial charge in [0.25, 0.3) is 0 Å². The van der Waals surface area contributed by atoms with Crippen molar-refractivity contribution in [2.75, 3.05) is 7.11 Å². The molecule has 0 heterocycles. The molecule has 1 N–H and O–H groups in total. The van der Waals surface area contributed by atoms with Gasteiger partial charge >= 0.3 is 0 Å². The number of hydrogen-bond acceptors (Lipinski definition) is 2. The first-order valence-electron chi connectivity index (χ1n) is 4.96. The van der Waals surface area contributed by atoms with Crippen LogP contribution in [-0.2, 0) is 0 Å². The largest absolute Gasteiger partial charge is 0.497 e. The van der Waals surface area contributed by atoms with Gasteiger partial charge in [-0.15, -0.1) is 0 Å². The summed E-state index contributed by atoms with van der Waals surface area (Å²) in [7, 11) is 1.66. The third kappa shape index (κ3) is 1.95. The van der Waals surface area contributed by atoms with Crippen LogP contribution in [0, 0.1) is 0 Å². The monoisotopic (exact) mass is 202 g/mol. The van der Waals surface area contributed by atoms with Crippen molar-refractivity contribution in [1.82, 2.24) is 0 Å². The number of aliphatic hydroxyl groups excluding tert-OH is 1. The molecule has 2 nitrogen and oxygen atoms in total. The molecule has 0 radical (unpaired) electrons. The van der Waals surface area contributed by atoms with Gasteiger partial charge in [0.2, 0.25) is 0 Å². The Hall–Kier alpha value is -1.54. The normalized spacial score (nSPS) is 12.7. The number of ether oxygens (including phenoxy) is 1. The van der Waals surface area contributed by atoms with Crippen LogP contribution in [0.5, 0.6) is 5.75 Å². The zero-order chi connectivity index (χ0) is 10.8. The standard InChI is InChI=1S/C13H14O2/c1-9(14)10-3-4-12-8-13(15-2)6-5-11(12)7-10/h3-9,14H,1-2H3/t9-/m1/s1. The first-order valence-corrected chi connectivity index (χ1v) is 4.96. The minimum absolute atomic E-state index is 0.420. The Bertz CT molecular complexity index is 475. The van der Waals surface area contributed by atoms with Crippen LogP contribution < -0.4 is 4.74 Å². The van der Waals surface area contributed by atoms with E-state index in [1.165, 1.54) is 0 Å². The van der Waals surface area contributed by atoms with Gasteiger partial charge in [-0.3, -0.25) is 0 Å². The Balaban J connectivity index is 2.55. The number of methoxy groups -OCH3 is 1. The summed E-state index contributed by atoms with van der Waals surface area (Å²) in [6.45, 7) is 1.77. The molecule has 15 heavy (non-hydrogen) atoms. The zero-order valence-corrected chi connectivity index (χ0v) is 8.90. The van der Waals surface area contributed by atoms with Gasteiger partial charge in [0.15, 0.2) is 0 Å². The third-order valence-electron chi connectivity index (χ3n) is 2.55. The Kier molecular flexibility index (Phi) is 2.60. The number of hydrogen-bond donors (Lipinski definition) is 1. The smallest absolute Gasteiger partial charge is 0.119 e. The molecule has 2 rings (SSSR count). The highest BCUT2D eigenvalue weighted by molar-refractivity contribution is 5.84. The summed E-state index contributed by atoms with van der Waals surface area (Å²) in [5.74, 6) is 0.854. The Morgan fingerprint density at radius 3 is 2.40 bits per heavy atom. The average molecular weight is 202 g/mol. The van der Waals surface area contributed by atoms with Gasteiger partial charge in [-0.2, -0.15) is 0 Å². The summed E-state index contributed by atoms with van der Waals surface area (Å²) in [5, 5.41) is 11.7. The molecule has 78 valence electrons. The average Bonchev–Trinajstić information content (AvgIpc) is 2.27. The van der Waals surface area contributed by atoms with E-state index in [1.807, 2.05) is 36.4 Å². The van der Waals surface area contributed by atoms with Crippen LogP contribution in [-0.4, -0.2) is 12.2 Å². The first-order chi connectivity index (χ1) is 7.20. The van der Waals surface area contributed by atoms with Crippen LogP contribution >= 0.6 is 0 Å². The fourth-order valence-electron chi connectivity index (χ4n) is 1.63. The molecule has 2 aromatic carbocycles. The summed E-state index contributed by atoms with van der Waals surface area (Å²) in [6.07, 6.45) is -0.420. The Morgan fingerprint density at radius 2 is 1.73 bits per heavy atom. The van der Waals surface area contributed by atoms with Gasteiger partial charge in [-0.25, -0.2) is 0 Å². The van der Waals surface area contributed by atoms with E-state index in [0.717, 1.165) is 22.1 Å². The number of benzene rings is 2. The number of fused-ring (bicyclic) bond motifs is 1. The molecule has 0 saturated carbocycles. The summed E-state index contributed by atoms with van der Waals surface area (Å²) >= 11 is 0. The van der Waals surface area contributed by atoms with Crippen molar-refractivity contribution in [3.05, 3.63) is 42.0 Å². The van der Waals surface area contributed by atoms with Crippen LogP contribution in [0.25, 0.3) is 10.8 Å². The van der Waals surface area contributed by atoms with Crippen LogP contribution in [0.2, 0.25) is 0 Å². The van der Waals surface area contributed by atoms with Crippen LogP contribution in [0.15, 0.2) is 36.4 Å². The van der Waals surface area contributed by atoms with E-state index in [2.05, 4.69) is 0 Å². The van der Waals surface area contributed by atoms with E-state index in [9.17, 15) is 5.11 Å². The second-order valence-electron chi connectivity index (χ2n) is 3.65. The predicted octanol–water partition coefficient (Wildman–Crippen LogP) is 2.90. The first kappa shape index (κ1) is 9.99. The molecule has 2 aromatic rings. The molecule has 0 bridgehead atoms. The molecular formula is C13H14O2. The maximum Gasteiger partial charge on any atom is 0.119 e. The van der Waals surface area contributed by atoms with Gasteiger partial charge in [0.1, 0.15) is 5.75 Å². The molecule has 0 aromatic heterocycles. The highest BCUT2D eigenvalue weighted by atomic mass is 16.5. The van der Waals surface area contributed by atoms with Gasteiger partial charge < -0.3 is 9.84 Å². The van der Waals surface area contributed by atoms with Crippen molar-refractivity contribution in [3.63, 3.8) is 0 Å². The van der Waals surface area contributed by atoms with E-state index >= 15 is 0 Å². The molecule has 0 amide bonds. The van der Waals surface area contributed by atoms with Crippen LogP contribution in [0.4, 0.5) is 0 Å². The lowest BCUT2D eigenvalue weighted by Gasteiger charge is -2.07. The number of aliphatic hydroxyl groups is 1. The minimum atomic E-state index is -0.420. The fourth-order valence-corrected chi connectivity index (χ4v) is 1.63. The molecule has 0 aliphatic rings. The van der Waals surface area contributed by atoms with Gasteiger partial charge in [-0.05, 0) is 41.5 Å². The van der Waals surface area contributed by atoms with Gasteiger partial charge in [0, 0.05) is 0 Å². The lowest BCUT2D eigenvalue weighted by molar-refractivity contribution is 0.199. The quantitative estimate of drug-likeness (QED) is 0.811. The molecule has 0 spiro atoms. The maximum absolute atomic E-state index is 9.46. The van der Waals surface area contributed by atoms with E-state index in [1.54, 1.807) is 14.0 Å². The molecule has 1 atom stereocenters. The predicted molar refractivity (Wildman–Crippen MR) is 61.1 cm³/mol. The van der Waals surface area contributed by atoms with Gasteiger partial charge in [-0.1, -0.05) is 18.2 Å². The van der Waals surface area contributed by atoms with Crippen molar-refractivity contribution in [3.8, 4) is 5.75 Å². The highest BCUT2D eigenvalue weighted by Gasteiger charge is 2.02. The molecule has 0 saturated heterocycles. The van der Waals surface area contributed by atoms with Gasteiger partial charge in [0.05, 0.1) is 13.2 Å².